The molecule has 0 aromatic carbocycles. The van der Waals surface area contributed by atoms with Crippen molar-refractivity contribution in [3.8, 4) is 21.3 Å². The van der Waals surface area contributed by atoms with E-state index < -0.39 is 0 Å². The number of pyridine rings is 1. The fourth-order valence-corrected chi connectivity index (χ4v) is 3.49. The van der Waals surface area contributed by atoms with Gasteiger partial charge in [-0.1, -0.05) is 12.1 Å². The molecule has 0 spiro atoms. The van der Waals surface area contributed by atoms with Crippen molar-refractivity contribution in [3.05, 3.63) is 36.4 Å². The Labute approximate surface area is 155 Å². The van der Waals surface area contributed by atoms with Gasteiger partial charge in [0.15, 0.2) is 5.69 Å². The average molecular weight is 369 g/mol. The molecule has 3 aromatic heterocycles. The van der Waals surface area contributed by atoms with Gasteiger partial charge in [-0.05, 0) is 18.6 Å². The molecule has 3 aromatic rings. The van der Waals surface area contributed by atoms with Crippen LogP contribution in [0.2, 0.25) is 0 Å². The third-order valence-corrected chi connectivity index (χ3v) is 5.04. The molecule has 4 rings (SSSR count). The van der Waals surface area contributed by atoms with Crippen molar-refractivity contribution in [1.29, 1.82) is 0 Å². The molecule has 134 valence electrons. The van der Waals surface area contributed by atoms with E-state index in [1.54, 1.807) is 18.6 Å². The van der Waals surface area contributed by atoms with Crippen LogP contribution in [0, 0.1) is 0 Å². The summed E-state index contributed by atoms with van der Waals surface area (Å²) in [6.45, 7) is 3.47. The SMILES string of the molecule is CCCON=C1CCN(C)c2oc(-c3cnc(-c4cccnc4)s3)nc21. The van der Waals surface area contributed by atoms with Crippen LogP contribution in [-0.2, 0) is 4.84 Å². The third kappa shape index (κ3) is 3.20. The van der Waals surface area contributed by atoms with Gasteiger partial charge in [-0.3, -0.25) is 4.98 Å². The summed E-state index contributed by atoms with van der Waals surface area (Å²) >= 11 is 1.53. The molecule has 0 amide bonds. The van der Waals surface area contributed by atoms with Crippen LogP contribution in [0.15, 0.2) is 40.3 Å². The minimum Gasteiger partial charge on any atom is -0.419 e. The molecule has 0 radical (unpaired) electrons. The lowest BCUT2D eigenvalue weighted by Crippen LogP contribution is -2.28. The minimum absolute atomic E-state index is 0.555. The van der Waals surface area contributed by atoms with Gasteiger partial charge in [-0.2, -0.15) is 0 Å². The Morgan fingerprint density at radius 3 is 3.12 bits per heavy atom. The lowest BCUT2D eigenvalue weighted by Gasteiger charge is -2.21. The summed E-state index contributed by atoms with van der Waals surface area (Å²) in [5.74, 6) is 1.28. The maximum Gasteiger partial charge on any atom is 0.241 e. The van der Waals surface area contributed by atoms with Gasteiger partial charge in [0.25, 0.3) is 0 Å². The number of nitrogens with zero attached hydrogens (tertiary/aromatic N) is 5. The predicted molar refractivity (Wildman–Crippen MR) is 102 cm³/mol. The van der Waals surface area contributed by atoms with E-state index in [0.717, 1.165) is 52.1 Å². The maximum absolute atomic E-state index is 6.02. The molecule has 8 heteroatoms. The van der Waals surface area contributed by atoms with Gasteiger partial charge in [-0.25, -0.2) is 9.97 Å². The van der Waals surface area contributed by atoms with Crippen LogP contribution in [0.5, 0.6) is 0 Å². The molecule has 0 saturated carbocycles. The van der Waals surface area contributed by atoms with Crippen LogP contribution in [0.3, 0.4) is 0 Å². The monoisotopic (exact) mass is 369 g/mol. The van der Waals surface area contributed by atoms with Crippen molar-refractivity contribution in [2.75, 3.05) is 25.1 Å². The summed E-state index contributed by atoms with van der Waals surface area (Å²) in [6, 6.07) is 3.88. The fraction of sp³-hybridized carbons (Fsp3) is 0.333. The summed E-state index contributed by atoms with van der Waals surface area (Å²) in [4.78, 5) is 21.6. The van der Waals surface area contributed by atoms with Crippen molar-refractivity contribution in [2.24, 2.45) is 5.16 Å². The van der Waals surface area contributed by atoms with Crippen LogP contribution in [0.4, 0.5) is 5.88 Å². The lowest BCUT2D eigenvalue weighted by atomic mass is 10.1. The zero-order chi connectivity index (χ0) is 17.9. The maximum atomic E-state index is 6.02. The number of thiazole rings is 1. The molecule has 26 heavy (non-hydrogen) atoms. The summed E-state index contributed by atoms with van der Waals surface area (Å²) in [7, 11) is 1.99. The number of fused-ring (bicyclic) bond motifs is 1. The predicted octanol–water partition coefficient (Wildman–Crippen LogP) is 3.83. The lowest BCUT2D eigenvalue weighted by molar-refractivity contribution is 0.144. The van der Waals surface area contributed by atoms with Gasteiger partial charge in [0.2, 0.25) is 11.8 Å². The molecule has 0 atom stereocenters. The Bertz CT molecular complexity index is 919. The second-order valence-electron chi connectivity index (χ2n) is 5.99. The molecule has 1 aliphatic heterocycles. The normalized spacial score (nSPS) is 15.3. The first-order chi connectivity index (χ1) is 12.8. The molecule has 0 fully saturated rings. The van der Waals surface area contributed by atoms with E-state index in [4.69, 9.17) is 9.25 Å². The van der Waals surface area contributed by atoms with Crippen molar-refractivity contribution in [3.63, 3.8) is 0 Å². The van der Waals surface area contributed by atoms with Crippen molar-refractivity contribution >= 4 is 22.9 Å². The van der Waals surface area contributed by atoms with Gasteiger partial charge in [0.1, 0.15) is 22.2 Å². The molecule has 1 aliphatic rings. The molecular formula is C18H19N5O2S. The Morgan fingerprint density at radius 1 is 1.38 bits per heavy atom. The van der Waals surface area contributed by atoms with Gasteiger partial charge < -0.3 is 14.2 Å². The first kappa shape index (κ1) is 16.7. The van der Waals surface area contributed by atoms with Crippen LogP contribution >= 0.6 is 11.3 Å². The zero-order valence-corrected chi connectivity index (χ0v) is 15.5. The number of hydrogen-bond acceptors (Lipinski definition) is 8. The number of aromatic nitrogens is 3. The molecule has 7 nitrogen and oxygen atoms in total. The van der Waals surface area contributed by atoms with Gasteiger partial charge in [0, 0.05) is 38.0 Å². The van der Waals surface area contributed by atoms with E-state index in [-0.39, 0.29) is 0 Å². The van der Waals surface area contributed by atoms with Gasteiger partial charge in [0.05, 0.1) is 6.20 Å². The molecule has 0 N–H and O–H groups in total. The molecule has 0 saturated heterocycles. The smallest absolute Gasteiger partial charge is 0.241 e. The van der Waals surface area contributed by atoms with Crippen LogP contribution < -0.4 is 4.90 Å². The highest BCUT2D eigenvalue weighted by Gasteiger charge is 2.28. The van der Waals surface area contributed by atoms with Crippen LogP contribution in [-0.4, -0.2) is 40.9 Å². The highest BCUT2D eigenvalue weighted by molar-refractivity contribution is 7.18. The second kappa shape index (κ2) is 7.25. The highest BCUT2D eigenvalue weighted by atomic mass is 32.1. The number of anilines is 1. The third-order valence-electron chi connectivity index (χ3n) is 4.01. The van der Waals surface area contributed by atoms with E-state index in [0.29, 0.717) is 12.5 Å². The Kier molecular flexibility index (Phi) is 4.66. The van der Waals surface area contributed by atoms with E-state index in [9.17, 15) is 0 Å². The Hall–Kier alpha value is -2.74. The quantitative estimate of drug-likeness (QED) is 0.502. The summed E-state index contributed by atoms with van der Waals surface area (Å²) in [5, 5.41) is 5.14. The van der Waals surface area contributed by atoms with E-state index in [1.165, 1.54) is 11.3 Å². The Balaban J connectivity index is 1.66. The van der Waals surface area contributed by atoms with E-state index >= 15 is 0 Å². The van der Waals surface area contributed by atoms with Crippen molar-refractivity contribution in [2.45, 2.75) is 19.8 Å². The minimum atomic E-state index is 0.555. The van der Waals surface area contributed by atoms with Crippen LogP contribution in [0.25, 0.3) is 21.3 Å². The fourth-order valence-electron chi connectivity index (χ4n) is 2.66. The van der Waals surface area contributed by atoms with E-state index in [1.807, 2.05) is 24.1 Å². The average Bonchev–Trinajstić information content (AvgIpc) is 3.32. The van der Waals surface area contributed by atoms with E-state index in [2.05, 4.69) is 27.0 Å². The van der Waals surface area contributed by atoms with Gasteiger partial charge in [-0.15, -0.1) is 11.3 Å². The molecule has 0 bridgehead atoms. The number of oxazole rings is 1. The number of hydrogen-bond donors (Lipinski definition) is 0. The number of rotatable bonds is 5. The highest BCUT2D eigenvalue weighted by Crippen LogP contribution is 2.36. The number of oxime groups is 1. The molecule has 4 heterocycles. The summed E-state index contributed by atoms with van der Waals surface area (Å²) in [6.07, 6.45) is 7.04. The first-order valence-corrected chi connectivity index (χ1v) is 9.35. The summed E-state index contributed by atoms with van der Waals surface area (Å²) in [5.41, 5.74) is 2.56. The molecule has 0 aliphatic carbocycles. The molecule has 0 unspecified atom stereocenters. The first-order valence-electron chi connectivity index (χ1n) is 8.54. The molecular weight excluding hydrogens is 350 g/mol. The van der Waals surface area contributed by atoms with Gasteiger partial charge >= 0.3 is 0 Å². The van der Waals surface area contributed by atoms with Crippen LogP contribution in [0.1, 0.15) is 25.5 Å². The van der Waals surface area contributed by atoms with Crippen molar-refractivity contribution < 1.29 is 9.25 Å². The van der Waals surface area contributed by atoms with Crippen molar-refractivity contribution in [1.82, 2.24) is 15.0 Å². The zero-order valence-electron chi connectivity index (χ0n) is 14.7. The standard InChI is InChI=1S/C18H19N5O2S/c1-3-9-24-22-13-6-8-23(2)18-15(13)21-16(25-18)14-11-20-17(26-14)12-5-4-7-19-10-12/h4-5,7,10-11H,3,6,8-9H2,1-2H3. The summed E-state index contributed by atoms with van der Waals surface area (Å²) < 4.78 is 6.02. The topological polar surface area (TPSA) is 76.6 Å². The Morgan fingerprint density at radius 2 is 2.31 bits per heavy atom. The second-order valence-corrected chi connectivity index (χ2v) is 7.02. The largest absolute Gasteiger partial charge is 0.419 e.